The average Bonchev–Trinajstić information content (AvgIpc) is 2.73. The predicted molar refractivity (Wildman–Crippen MR) is 128 cm³/mol. The van der Waals surface area contributed by atoms with E-state index in [1.807, 2.05) is 25.1 Å². The van der Waals surface area contributed by atoms with Crippen LogP contribution in [0.3, 0.4) is 0 Å². The van der Waals surface area contributed by atoms with Gasteiger partial charge in [-0.3, -0.25) is 0 Å². The van der Waals surface area contributed by atoms with Crippen LogP contribution in [0, 0.1) is 13.8 Å². The molecule has 3 heteroatoms. The highest BCUT2D eigenvalue weighted by atomic mass is 35.5. The predicted octanol–water partition coefficient (Wildman–Crippen LogP) is 7.56. The second-order valence-electron chi connectivity index (χ2n) is 8.17. The van der Waals surface area contributed by atoms with Crippen LogP contribution in [0.15, 0.2) is 54.9 Å². The van der Waals surface area contributed by atoms with Crippen molar-refractivity contribution in [3.05, 3.63) is 82.2 Å². The molecule has 0 saturated heterocycles. The lowest BCUT2D eigenvalue weighted by Crippen LogP contribution is -2.27. The Morgan fingerprint density at radius 1 is 1.07 bits per heavy atom. The highest BCUT2D eigenvalue weighted by molar-refractivity contribution is 6.30. The van der Waals surface area contributed by atoms with Gasteiger partial charge >= 0.3 is 0 Å². The summed E-state index contributed by atoms with van der Waals surface area (Å²) in [5, 5.41) is 4.22. The van der Waals surface area contributed by atoms with Gasteiger partial charge in [0, 0.05) is 29.0 Å². The van der Waals surface area contributed by atoms with Crippen LogP contribution in [0.2, 0.25) is 5.02 Å². The number of nitrogens with one attached hydrogen (secondary N) is 1. The Hall–Kier alpha value is -2.19. The minimum Gasteiger partial charge on any atom is -0.342 e. The first-order valence-electron chi connectivity index (χ1n) is 10.6. The molecule has 0 aliphatic heterocycles. The first-order valence-corrected chi connectivity index (χ1v) is 11.0. The van der Waals surface area contributed by atoms with Gasteiger partial charge < -0.3 is 10.2 Å². The van der Waals surface area contributed by atoms with Gasteiger partial charge in [-0.15, -0.1) is 0 Å². The van der Waals surface area contributed by atoms with Crippen LogP contribution in [0.5, 0.6) is 0 Å². The van der Waals surface area contributed by atoms with E-state index in [1.165, 1.54) is 54.5 Å². The molecule has 0 spiro atoms. The molecular formula is C26H33ClN2. The molecule has 1 N–H and O–H groups in total. The molecule has 1 aliphatic rings. The quantitative estimate of drug-likeness (QED) is 0.530. The molecule has 0 aromatic heterocycles. The Bertz CT molecular complexity index is 907. The minimum atomic E-state index is 0.726. The lowest BCUT2D eigenvalue weighted by Gasteiger charge is -2.28. The summed E-state index contributed by atoms with van der Waals surface area (Å²) < 4.78 is 0. The van der Waals surface area contributed by atoms with Crippen molar-refractivity contribution in [2.75, 3.05) is 11.9 Å². The number of aryl methyl sites for hydroxylation is 2. The van der Waals surface area contributed by atoms with E-state index in [9.17, 15) is 0 Å². The largest absolute Gasteiger partial charge is 0.342 e. The monoisotopic (exact) mass is 408 g/mol. The van der Waals surface area contributed by atoms with E-state index in [4.69, 9.17) is 11.6 Å². The fraction of sp³-hybridized carbons (Fsp3) is 0.385. The highest BCUT2D eigenvalue weighted by Gasteiger charge is 2.17. The standard InChI is InChI=1S/C26H33ClN2/c1-6-25(24-17-23(27)14-12-18(24)2)28-20(4)29(5)26-15-13-22(16-19(26)3)21-10-8-7-9-11-21/h6,12-17,21,28H,4,7-11H2,1-3,5H3/b25-6+. The number of hydrogen-bond acceptors (Lipinski definition) is 2. The molecule has 1 aliphatic carbocycles. The van der Waals surface area contributed by atoms with Gasteiger partial charge in [-0.2, -0.15) is 0 Å². The van der Waals surface area contributed by atoms with Gasteiger partial charge in [0.2, 0.25) is 0 Å². The summed E-state index contributed by atoms with van der Waals surface area (Å²) >= 11 is 6.22. The van der Waals surface area contributed by atoms with Crippen molar-refractivity contribution in [2.24, 2.45) is 0 Å². The van der Waals surface area contributed by atoms with Crippen molar-refractivity contribution >= 4 is 23.0 Å². The molecule has 1 fully saturated rings. The lowest BCUT2D eigenvalue weighted by molar-refractivity contribution is 0.443. The summed E-state index contributed by atoms with van der Waals surface area (Å²) in [7, 11) is 2.07. The Morgan fingerprint density at radius 2 is 1.79 bits per heavy atom. The third-order valence-corrected chi connectivity index (χ3v) is 6.36. The number of allylic oxidation sites excluding steroid dienone is 1. The van der Waals surface area contributed by atoms with Gasteiger partial charge in [-0.25, -0.2) is 0 Å². The number of rotatable bonds is 6. The fourth-order valence-electron chi connectivity index (χ4n) is 4.31. The topological polar surface area (TPSA) is 15.3 Å². The lowest BCUT2D eigenvalue weighted by atomic mass is 9.83. The molecular weight excluding hydrogens is 376 g/mol. The third-order valence-electron chi connectivity index (χ3n) is 6.12. The van der Waals surface area contributed by atoms with E-state index >= 15 is 0 Å². The van der Waals surface area contributed by atoms with Crippen molar-refractivity contribution in [2.45, 2.75) is 58.8 Å². The van der Waals surface area contributed by atoms with E-state index in [0.29, 0.717) is 0 Å². The van der Waals surface area contributed by atoms with Gasteiger partial charge in [0.05, 0.1) is 0 Å². The summed E-state index contributed by atoms with van der Waals surface area (Å²) in [4.78, 5) is 2.13. The summed E-state index contributed by atoms with van der Waals surface area (Å²) in [6.07, 6.45) is 8.83. The number of anilines is 1. The van der Waals surface area contributed by atoms with Crippen LogP contribution in [0.1, 0.15) is 67.2 Å². The van der Waals surface area contributed by atoms with Crippen LogP contribution in [0.4, 0.5) is 5.69 Å². The van der Waals surface area contributed by atoms with Crippen LogP contribution in [-0.4, -0.2) is 7.05 Å². The summed E-state index contributed by atoms with van der Waals surface area (Å²) in [6.45, 7) is 10.6. The van der Waals surface area contributed by atoms with E-state index in [2.05, 4.69) is 62.0 Å². The van der Waals surface area contributed by atoms with E-state index < -0.39 is 0 Å². The molecule has 29 heavy (non-hydrogen) atoms. The molecule has 0 radical (unpaired) electrons. The number of hydrogen-bond donors (Lipinski definition) is 1. The van der Waals surface area contributed by atoms with Gasteiger partial charge in [-0.05, 0) is 74.4 Å². The molecule has 2 aromatic rings. The van der Waals surface area contributed by atoms with Gasteiger partial charge in [0.1, 0.15) is 5.82 Å². The van der Waals surface area contributed by atoms with Crippen LogP contribution < -0.4 is 10.2 Å². The molecule has 2 nitrogen and oxygen atoms in total. The Morgan fingerprint density at radius 3 is 2.45 bits per heavy atom. The molecule has 3 rings (SSSR count). The smallest absolute Gasteiger partial charge is 0.103 e. The van der Waals surface area contributed by atoms with Crippen molar-refractivity contribution in [1.29, 1.82) is 0 Å². The van der Waals surface area contributed by atoms with E-state index in [-0.39, 0.29) is 0 Å². The fourth-order valence-corrected chi connectivity index (χ4v) is 4.48. The first-order chi connectivity index (χ1) is 13.9. The van der Waals surface area contributed by atoms with Crippen molar-refractivity contribution in [1.82, 2.24) is 5.32 Å². The second-order valence-corrected chi connectivity index (χ2v) is 8.61. The summed E-state index contributed by atoms with van der Waals surface area (Å²) in [5.41, 5.74) is 7.25. The number of halogens is 1. The first kappa shape index (κ1) is 21.5. The summed E-state index contributed by atoms with van der Waals surface area (Å²) in [5.74, 6) is 1.56. The Kier molecular flexibility index (Phi) is 7.08. The highest BCUT2D eigenvalue weighted by Crippen LogP contribution is 2.35. The van der Waals surface area contributed by atoms with Gasteiger partial charge in [0.25, 0.3) is 0 Å². The van der Waals surface area contributed by atoms with Crippen molar-refractivity contribution < 1.29 is 0 Å². The zero-order chi connectivity index (χ0) is 21.0. The molecule has 1 saturated carbocycles. The average molecular weight is 409 g/mol. The Labute approximate surface area is 181 Å². The molecule has 2 aromatic carbocycles. The molecule has 0 bridgehead atoms. The summed E-state index contributed by atoms with van der Waals surface area (Å²) in [6, 6.07) is 12.9. The second kappa shape index (κ2) is 9.54. The molecule has 0 heterocycles. The van der Waals surface area contributed by atoms with Crippen LogP contribution in [0.25, 0.3) is 5.70 Å². The number of nitrogens with zero attached hydrogens (tertiary/aromatic N) is 1. The van der Waals surface area contributed by atoms with Crippen molar-refractivity contribution in [3.63, 3.8) is 0 Å². The Balaban J connectivity index is 1.76. The molecule has 154 valence electrons. The van der Waals surface area contributed by atoms with E-state index in [1.54, 1.807) is 0 Å². The molecule has 0 unspecified atom stereocenters. The van der Waals surface area contributed by atoms with Crippen LogP contribution in [-0.2, 0) is 0 Å². The number of benzene rings is 2. The third kappa shape index (κ3) is 5.05. The van der Waals surface area contributed by atoms with Crippen molar-refractivity contribution in [3.8, 4) is 0 Å². The maximum absolute atomic E-state index is 6.22. The zero-order valence-electron chi connectivity index (χ0n) is 18.2. The maximum atomic E-state index is 6.22. The minimum absolute atomic E-state index is 0.726. The SMILES string of the molecule is C=C(N/C(=C/C)c1cc(Cl)ccc1C)N(C)c1ccc(C2CCCCC2)cc1C. The van der Waals surface area contributed by atoms with Gasteiger partial charge in [-0.1, -0.05) is 61.7 Å². The molecule has 0 amide bonds. The normalized spacial score (nSPS) is 15.3. The maximum Gasteiger partial charge on any atom is 0.103 e. The van der Waals surface area contributed by atoms with Gasteiger partial charge in [0.15, 0.2) is 0 Å². The van der Waals surface area contributed by atoms with E-state index in [0.717, 1.165) is 28.0 Å². The van der Waals surface area contributed by atoms with Crippen LogP contribution >= 0.6 is 11.6 Å². The zero-order valence-corrected chi connectivity index (χ0v) is 18.9. The molecule has 0 atom stereocenters.